The molecule has 0 spiro atoms. The Labute approximate surface area is 238 Å². The molecule has 1 aromatic carbocycles. The molecular formula is C30H36FN7O3. The lowest BCUT2D eigenvalue weighted by molar-refractivity contribution is 0.0116. The lowest BCUT2D eigenvalue weighted by atomic mass is 10.0. The molecule has 2 fully saturated rings. The molecule has 1 saturated heterocycles. The average Bonchev–Trinajstić information content (AvgIpc) is 3.55. The van der Waals surface area contributed by atoms with E-state index in [1.54, 1.807) is 29.8 Å². The van der Waals surface area contributed by atoms with Gasteiger partial charge in [-0.3, -0.25) is 9.48 Å². The zero-order valence-electron chi connectivity index (χ0n) is 24.1. The molecule has 1 N–H and O–H groups in total. The van der Waals surface area contributed by atoms with Gasteiger partial charge in [-0.05, 0) is 65.5 Å². The molecule has 2 aliphatic rings. The summed E-state index contributed by atoms with van der Waals surface area (Å²) >= 11 is 0. The zero-order valence-corrected chi connectivity index (χ0v) is 24.1. The Balaban J connectivity index is 1.29. The van der Waals surface area contributed by atoms with E-state index in [2.05, 4.69) is 15.2 Å². The summed E-state index contributed by atoms with van der Waals surface area (Å²) in [6.07, 6.45) is 7.27. The van der Waals surface area contributed by atoms with Gasteiger partial charge < -0.3 is 24.3 Å². The standard InChI is InChI=1S/C30H36FN7O3/c1-6-37-16-22-24(35-11-12-38(25(17-35)19-7-8-19)29(40)41-30(3,4)5)10-9-21(26(22)34-37)28(39)33-20-13-23(31)27-32-18(2)14-36(27)15-20/h9-10,13-16,19,25H,6-8,11-12,17H2,1-5H3,(H,33,39). The molecule has 216 valence electrons. The van der Waals surface area contributed by atoms with Crippen molar-refractivity contribution < 1.29 is 18.7 Å². The Morgan fingerprint density at radius 2 is 1.93 bits per heavy atom. The Kier molecular flexibility index (Phi) is 6.62. The molecular weight excluding hydrogens is 525 g/mol. The summed E-state index contributed by atoms with van der Waals surface area (Å²) in [5.41, 5.74) is 2.65. The van der Waals surface area contributed by atoms with Crippen LogP contribution in [0.5, 0.6) is 0 Å². The maximum absolute atomic E-state index is 14.6. The van der Waals surface area contributed by atoms with Crippen LogP contribution in [-0.2, 0) is 11.3 Å². The van der Waals surface area contributed by atoms with Gasteiger partial charge in [0.05, 0.1) is 23.0 Å². The summed E-state index contributed by atoms with van der Waals surface area (Å²) in [7, 11) is 0. The molecule has 3 aromatic heterocycles. The molecule has 0 bridgehead atoms. The van der Waals surface area contributed by atoms with E-state index in [1.165, 1.54) is 6.07 Å². The van der Waals surface area contributed by atoms with Crippen LogP contribution in [0.1, 0.15) is 56.6 Å². The van der Waals surface area contributed by atoms with Crippen LogP contribution in [0.2, 0.25) is 0 Å². The minimum absolute atomic E-state index is 0.0643. The first-order chi connectivity index (χ1) is 19.5. The van der Waals surface area contributed by atoms with E-state index >= 15 is 0 Å². The van der Waals surface area contributed by atoms with E-state index in [0.717, 1.165) is 23.9 Å². The molecule has 6 rings (SSSR count). The van der Waals surface area contributed by atoms with Gasteiger partial charge in [-0.2, -0.15) is 5.10 Å². The number of anilines is 2. The summed E-state index contributed by atoms with van der Waals surface area (Å²) in [4.78, 5) is 34.8. The highest BCUT2D eigenvalue weighted by Crippen LogP contribution is 2.39. The number of pyridine rings is 1. The fourth-order valence-electron chi connectivity index (χ4n) is 5.67. The van der Waals surface area contributed by atoms with Gasteiger partial charge in [-0.25, -0.2) is 14.2 Å². The molecule has 41 heavy (non-hydrogen) atoms. The third-order valence-corrected chi connectivity index (χ3v) is 7.71. The summed E-state index contributed by atoms with van der Waals surface area (Å²) in [5, 5.41) is 8.43. The topological polar surface area (TPSA) is 97.0 Å². The van der Waals surface area contributed by atoms with Gasteiger partial charge in [0, 0.05) is 61.9 Å². The Hall–Kier alpha value is -4.15. The lowest BCUT2D eigenvalue weighted by Gasteiger charge is -2.43. The number of fused-ring (bicyclic) bond motifs is 2. The van der Waals surface area contributed by atoms with Gasteiger partial charge in [-0.1, -0.05) is 0 Å². The first kappa shape index (κ1) is 27.0. The zero-order chi connectivity index (χ0) is 29.1. The van der Waals surface area contributed by atoms with Crippen LogP contribution in [0.25, 0.3) is 16.6 Å². The Morgan fingerprint density at radius 1 is 1.15 bits per heavy atom. The van der Waals surface area contributed by atoms with Crippen LogP contribution in [0.15, 0.2) is 36.8 Å². The number of ether oxygens (including phenoxy) is 1. The van der Waals surface area contributed by atoms with E-state index in [0.29, 0.717) is 54.6 Å². The predicted molar refractivity (Wildman–Crippen MR) is 155 cm³/mol. The van der Waals surface area contributed by atoms with Gasteiger partial charge in [-0.15, -0.1) is 0 Å². The molecule has 1 saturated carbocycles. The summed E-state index contributed by atoms with van der Waals surface area (Å²) in [6.45, 7) is 12.0. The number of aromatic nitrogens is 4. The second-order valence-electron chi connectivity index (χ2n) is 12.0. The van der Waals surface area contributed by atoms with Crippen molar-refractivity contribution in [3.63, 3.8) is 0 Å². The van der Waals surface area contributed by atoms with Crippen molar-refractivity contribution in [1.82, 2.24) is 24.1 Å². The molecule has 2 amide bonds. The second kappa shape index (κ2) is 10.0. The highest BCUT2D eigenvalue weighted by molar-refractivity contribution is 6.14. The third-order valence-electron chi connectivity index (χ3n) is 7.71. The van der Waals surface area contributed by atoms with Crippen molar-refractivity contribution in [3.05, 3.63) is 53.9 Å². The van der Waals surface area contributed by atoms with Crippen LogP contribution in [0, 0.1) is 18.7 Å². The van der Waals surface area contributed by atoms with Crippen LogP contribution < -0.4 is 10.2 Å². The average molecular weight is 562 g/mol. The van der Waals surface area contributed by atoms with Gasteiger partial charge >= 0.3 is 6.09 Å². The summed E-state index contributed by atoms with van der Waals surface area (Å²) in [5.74, 6) is -0.423. The monoisotopic (exact) mass is 561 g/mol. The smallest absolute Gasteiger partial charge is 0.410 e. The van der Waals surface area contributed by atoms with Gasteiger partial charge in [0.1, 0.15) is 11.1 Å². The Bertz CT molecular complexity index is 1650. The van der Waals surface area contributed by atoms with E-state index in [1.807, 2.05) is 49.5 Å². The molecule has 1 unspecified atom stereocenters. The first-order valence-electron chi connectivity index (χ1n) is 14.2. The van der Waals surface area contributed by atoms with Gasteiger partial charge in [0.25, 0.3) is 5.91 Å². The largest absolute Gasteiger partial charge is 0.444 e. The van der Waals surface area contributed by atoms with Crippen molar-refractivity contribution in [2.45, 2.75) is 65.6 Å². The third kappa shape index (κ3) is 5.32. The van der Waals surface area contributed by atoms with E-state index in [4.69, 9.17) is 9.84 Å². The number of halogens is 1. The molecule has 11 heteroatoms. The van der Waals surface area contributed by atoms with Crippen molar-refractivity contribution in [2.75, 3.05) is 29.9 Å². The van der Waals surface area contributed by atoms with E-state index in [9.17, 15) is 14.0 Å². The summed E-state index contributed by atoms with van der Waals surface area (Å²) in [6, 6.07) is 5.07. The van der Waals surface area contributed by atoms with Crippen molar-refractivity contribution in [1.29, 1.82) is 0 Å². The first-order valence-corrected chi connectivity index (χ1v) is 14.2. The number of piperazine rings is 1. The fraction of sp³-hybridized carbons (Fsp3) is 0.467. The van der Waals surface area contributed by atoms with Crippen LogP contribution in [0.3, 0.4) is 0 Å². The lowest BCUT2D eigenvalue weighted by Crippen LogP contribution is -2.57. The fourth-order valence-corrected chi connectivity index (χ4v) is 5.67. The molecule has 1 atom stereocenters. The van der Waals surface area contributed by atoms with Crippen LogP contribution in [0.4, 0.5) is 20.6 Å². The SMILES string of the molecule is CCn1cc2c(N3CCN(C(=O)OC(C)(C)C)C(C4CC4)C3)ccc(C(=O)Nc3cc(F)c4nc(C)cn4c3)c2n1. The van der Waals surface area contributed by atoms with Gasteiger partial charge in [0.2, 0.25) is 0 Å². The van der Waals surface area contributed by atoms with Crippen molar-refractivity contribution >= 4 is 39.9 Å². The summed E-state index contributed by atoms with van der Waals surface area (Å²) < 4.78 is 23.7. The normalized spacial score (nSPS) is 17.9. The molecule has 1 aliphatic heterocycles. The van der Waals surface area contributed by atoms with E-state index in [-0.39, 0.29) is 23.7 Å². The van der Waals surface area contributed by atoms with Crippen LogP contribution >= 0.6 is 0 Å². The second-order valence-corrected chi connectivity index (χ2v) is 12.0. The number of aryl methyl sites for hydroxylation is 2. The van der Waals surface area contributed by atoms with Crippen molar-refractivity contribution in [3.8, 4) is 0 Å². The Morgan fingerprint density at radius 3 is 2.63 bits per heavy atom. The number of hydrogen-bond acceptors (Lipinski definition) is 6. The number of carbonyl (C=O) groups is 2. The van der Waals surface area contributed by atoms with E-state index < -0.39 is 11.4 Å². The van der Waals surface area contributed by atoms with Gasteiger partial charge in [0.15, 0.2) is 11.5 Å². The maximum Gasteiger partial charge on any atom is 0.410 e. The van der Waals surface area contributed by atoms with Crippen molar-refractivity contribution in [2.24, 2.45) is 5.92 Å². The van der Waals surface area contributed by atoms with Crippen LogP contribution in [-0.4, -0.2) is 67.3 Å². The number of carbonyl (C=O) groups excluding carboxylic acids is 2. The highest BCUT2D eigenvalue weighted by Gasteiger charge is 2.42. The highest BCUT2D eigenvalue weighted by atomic mass is 19.1. The number of hydrogen-bond donors (Lipinski definition) is 1. The number of nitrogens with zero attached hydrogens (tertiary/aromatic N) is 6. The number of amides is 2. The molecule has 4 aromatic rings. The number of nitrogens with one attached hydrogen (secondary N) is 1. The molecule has 0 radical (unpaired) electrons. The predicted octanol–water partition coefficient (Wildman–Crippen LogP) is 5.24. The number of imidazole rings is 1. The molecule has 10 nitrogen and oxygen atoms in total. The number of benzene rings is 1. The minimum atomic E-state index is -0.547. The molecule has 4 heterocycles. The quantitative estimate of drug-likeness (QED) is 0.358. The molecule has 1 aliphatic carbocycles. The maximum atomic E-state index is 14.6. The number of rotatable bonds is 5. The minimum Gasteiger partial charge on any atom is -0.444 e.